The van der Waals surface area contributed by atoms with E-state index in [4.69, 9.17) is 0 Å². The molecule has 0 radical (unpaired) electrons. The Morgan fingerprint density at radius 3 is 3.20 bits per heavy atom. The maximum Gasteiger partial charge on any atom is 0.228 e. The molecule has 2 nitrogen and oxygen atoms in total. The van der Waals surface area contributed by atoms with Crippen LogP contribution in [0, 0.1) is 0 Å². The number of halogens is 1. The van der Waals surface area contributed by atoms with Gasteiger partial charge >= 0.3 is 0 Å². The third kappa shape index (κ3) is 2.61. The highest BCUT2D eigenvalue weighted by Crippen LogP contribution is 2.21. The minimum absolute atomic E-state index is 0.277. The van der Waals surface area contributed by atoms with Crippen molar-refractivity contribution in [1.29, 1.82) is 0 Å². The maximum atomic E-state index is 12.0. The molecule has 82 valence electrons. The van der Waals surface area contributed by atoms with Gasteiger partial charge in [0, 0.05) is 22.8 Å². The van der Waals surface area contributed by atoms with Gasteiger partial charge < -0.3 is 4.90 Å². The monoisotopic (exact) mass is 287 g/mol. The van der Waals surface area contributed by atoms with E-state index in [2.05, 4.69) is 15.9 Å². The van der Waals surface area contributed by atoms with Gasteiger partial charge in [-0.1, -0.05) is 22.0 Å². The quantitative estimate of drug-likeness (QED) is 0.783. The lowest BCUT2D eigenvalue weighted by atomic mass is 10.2. The average molecular weight is 288 g/mol. The van der Waals surface area contributed by atoms with E-state index in [0.717, 1.165) is 24.7 Å². The molecule has 1 aromatic rings. The zero-order valence-corrected chi connectivity index (χ0v) is 10.9. The van der Waals surface area contributed by atoms with Gasteiger partial charge in [0.05, 0.1) is 6.42 Å². The van der Waals surface area contributed by atoms with E-state index in [0.29, 0.717) is 12.5 Å². The highest BCUT2D eigenvalue weighted by Gasteiger charge is 2.27. The molecule has 1 unspecified atom stereocenters. The molecule has 2 heterocycles. The number of thiophene rings is 1. The Balaban J connectivity index is 1.96. The summed E-state index contributed by atoms with van der Waals surface area (Å²) in [4.78, 5) is 15.2. The second-order valence-corrected chi connectivity index (χ2v) is 5.47. The summed E-state index contributed by atoms with van der Waals surface area (Å²) in [5.41, 5.74) is 0. The van der Waals surface area contributed by atoms with Crippen molar-refractivity contribution in [3.05, 3.63) is 22.4 Å². The molecule has 0 aliphatic carbocycles. The molecule has 1 fully saturated rings. The molecule has 0 N–H and O–H groups in total. The molecule has 0 saturated carbocycles. The van der Waals surface area contributed by atoms with Crippen LogP contribution in [0.5, 0.6) is 0 Å². The van der Waals surface area contributed by atoms with Crippen LogP contribution in [0.25, 0.3) is 0 Å². The predicted octanol–water partition coefficient (Wildman–Crippen LogP) is 2.68. The molecule has 1 saturated heterocycles. The van der Waals surface area contributed by atoms with Gasteiger partial charge in [-0.05, 0) is 24.3 Å². The van der Waals surface area contributed by atoms with Gasteiger partial charge in [0.25, 0.3) is 0 Å². The minimum atomic E-state index is 0.277. The fraction of sp³-hybridized carbons (Fsp3) is 0.545. The van der Waals surface area contributed by atoms with Crippen LogP contribution in [0.15, 0.2) is 17.5 Å². The Labute approximate surface area is 102 Å². The summed E-state index contributed by atoms with van der Waals surface area (Å²) in [7, 11) is 0. The third-order valence-corrected chi connectivity index (χ3v) is 4.40. The summed E-state index contributed by atoms with van der Waals surface area (Å²) in [5.74, 6) is 0.277. The molecule has 1 aliphatic rings. The molecule has 0 aromatic carbocycles. The van der Waals surface area contributed by atoms with Gasteiger partial charge in [0.2, 0.25) is 5.91 Å². The molecule has 15 heavy (non-hydrogen) atoms. The Morgan fingerprint density at radius 2 is 2.53 bits per heavy atom. The van der Waals surface area contributed by atoms with Crippen LogP contribution < -0.4 is 0 Å². The number of carbonyl (C=O) groups is 1. The van der Waals surface area contributed by atoms with E-state index in [1.165, 1.54) is 4.88 Å². The van der Waals surface area contributed by atoms with Crippen LogP contribution in [0.2, 0.25) is 0 Å². The lowest BCUT2D eigenvalue weighted by Gasteiger charge is -2.22. The molecule has 4 heteroatoms. The van der Waals surface area contributed by atoms with Gasteiger partial charge in [0.1, 0.15) is 0 Å². The van der Waals surface area contributed by atoms with Crippen molar-refractivity contribution in [2.75, 3.05) is 11.9 Å². The number of hydrogen-bond acceptors (Lipinski definition) is 2. The second kappa shape index (κ2) is 5.12. The molecular formula is C11H14BrNOS. The van der Waals surface area contributed by atoms with Crippen molar-refractivity contribution in [3.63, 3.8) is 0 Å². The Hall–Kier alpha value is -0.350. The van der Waals surface area contributed by atoms with Crippen LogP contribution >= 0.6 is 27.3 Å². The van der Waals surface area contributed by atoms with Crippen LogP contribution in [-0.4, -0.2) is 28.7 Å². The topological polar surface area (TPSA) is 20.3 Å². The van der Waals surface area contributed by atoms with Gasteiger partial charge in [-0.3, -0.25) is 4.79 Å². The first-order chi connectivity index (χ1) is 7.31. The summed E-state index contributed by atoms with van der Waals surface area (Å²) in [5, 5.41) is 2.93. The zero-order valence-electron chi connectivity index (χ0n) is 8.49. The minimum Gasteiger partial charge on any atom is -0.339 e. The van der Waals surface area contributed by atoms with E-state index in [9.17, 15) is 4.79 Å². The fourth-order valence-electron chi connectivity index (χ4n) is 1.99. The van der Waals surface area contributed by atoms with E-state index in [-0.39, 0.29) is 5.91 Å². The van der Waals surface area contributed by atoms with Gasteiger partial charge in [-0.25, -0.2) is 0 Å². The smallest absolute Gasteiger partial charge is 0.228 e. The number of nitrogens with zero attached hydrogens (tertiary/aromatic N) is 1. The molecule has 0 bridgehead atoms. The first kappa shape index (κ1) is 11.1. The lowest BCUT2D eigenvalue weighted by molar-refractivity contribution is -0.130. The van der Waals surface area contributed by atoms with Crippen molar-refractivity contribution in [1.82, 2.24) is 4.90 Å². The summed E-state index contributed by atoms with van der Waals surface area (Å²) >= 11 is 5.13. The molecule has 1 atom stereocenters. The number of amides is 1. The summed E-state index contributed by atoms with van der Waals surface area (Å²) in [6.45, 7) is 0.931. The first-order valence-corrected chi connectivity index (χ1v) is 7.19. The Bertz CT molecular complexity index is 325. The molecule has 2 rings (SSSR count). The van der Waals surface area contributed by atoms with Crippen molar-refractivity contribution in [3.8, 4) is 0 Å². The fourth-order valence-corrected chi connectivity index (χ4v) is 3.36. The maximum absolute atomic E-state index is 12.0. The highest BCUT2D eigenvalue weighted by atomic mass is 79.9. The van der Waals surface area contributed by atoms with Gasteiger partial charge in [-0.15, -0.1) is 11.3 Å². The SMILES string of the molecule is O=C(Cc1cccs1)N1CCCC1CBr. The van der Waals surface area contributed by atoms with Crippen molar-refractivity contribution in [2.24, 2.45) is 0 Å². The van der Waals surface area contributed by atoms with E-state index >= 15 is 0 Å². The van der Waals surface area contributed by atoms with E-state index in [1.54, 1.807) is 11.3 Å². The second-order valence-electron chi connectivity index (χ2n) is 3.79. The van der Waals surface area contributed by atoms with E-state index < -0.39 is 0 Å². The van der Waals surface area contributed by atoms with Crippen molar-refractivity contribution < 1.29 is 4.79 Å². The Kier molecular flexibility index (Phi) is 3.81. The molecular weight excluding hydrogens is 274 g/mol. The lowest BCUT2D eigenvalue weighted by Crippen LogP contribution is -2.37. The van der Waals surface area contributed by atoms with E-state index in [1.807, 2.05) is 22.4 Å². The number of rotatable bonds is 3. The van der Waals surface area contributed by atoms with Crippen LogP contribution in [0.1, 0.15) is 17.7 Å². The molecule has 1 amide bonds. The highest BCUT2D eigenvalue weighted by molar-refractivity contribution is 9.09. The van der Waals surface area contributed by atoms with Crippen molar-refractivity contribution in [2.45, 2.75) is 25.3 Å². The average Bonchev–Trinajstić information content (AvgIpc) is 2.86. The standard InChI is InChI=1S/C11H14BrNOS/c12-8-9-3-1-5-13(9)11(14)7-10-4-2-6-15-10/h2,4,6,9H,1,3,5,7-8H2. The Morgan fingerprint density at radius 1 is 1.67 bits per heavy atom. The van der Waals surface area contributed by atoms with Crippen LogP contribution in [0.3, 0.4) is 0 Å². The molecule has 1 aromatic heterocycles. The van der Waals surface area contributed by atoms with Crippen molar-refractivity contribution >= 4 is 33.2 Å². The molecule has 0 spiro atoms. The first-order valence-electron chi connectivity index (χ1n) is 5.19. The summed E-state index contributed by atoms with van der Waals surface area (Å²) in [6, 6.07) is 4.44. The number of alkyl halides is 1. The number of likely N-dealkylation sites (tertiary alicyclic amines) is 1. The normalized spacial score (nSPS) is 20.9. The van der Waals surface area contributed by atoms with Crippen LogP contribution in [-0.2, 0) is 11.2 Å². The largest absolute Gasteiger partial charge is 0.339 e. The number of carbonyl (C=O) groups excluding carboxylic acids is 1. The van der Waals surface area contributed by atoms with Gasteiger partial charge in [-0.2, -0.15) is 0 Å². The zero-order chi connectivity index (χ0) is 10.7. The molecule has 1 aliphatic heterocycles. The van der Waals surface area contributed by atoms with Gasteiger partial charge in [0.15, 0.2) is 0 Å². The number of hydrogen-bond donors (Lipinski definition) is 0. The summed E-state index contributed by atoms with van der Waals surface area (Å²) in [6.07, 6.45) is 2.86. The predicted molar refractivity (Wildman–Crippen MR) is 66.6 cm³/mol. The van der Waals surface area contributed by atoms with Crippen LogP contribution in [0.4, 0.5) is 0 Å². The summed E-state index contributed by atoms with van der Waals surface area (Å²) < 4.78 is 0. The third-order valence-electron chi connectivity index (χ3n) is 2.78.